The van der Waals surface area contributed by atoms with Gasteiger partial charge in [-0.2, -0.15) is 33.7 Å². The maximum atomic E-state index is 13.4. The molecule has 2 N–H and O–H groups in total. The van der Waals surface area contributed by atoms with Crippen LogP contribution in [0.15, 0.2) is 262 Å². The number of H-pyrrole nitrogens is 2. The van der Waals surface area contributed by atoms with Crippen molar-refractivity contribution in [1.82, 2.24) is 19.9 Å². The van der Waals surface area contributed by atoms with Gasteiger partial charge in [0.1, 0.15) is 42.6 Å². The third-order valence-electron chi connectivity index (χ3n) is 14.3. The number of rotatable bonds is 16. The van der Waals surface area contributed by atoms with E-state index in [1.54, 1.807) is 170 Å². The molecular formula is C68H46N4O12S4. The first-order valence-electron chi connectivity index (χ1n) is 27.1. The Bertz CT molecular complexity index is 4560. The lowest BCUT2D eigenvalue weighted by molar-refractivity contribution is 0.484. The van der Waals surface area contributed by atoms with Crippen molar-refractivity contribution in [3.63, 3.8) is 0 Å². The van der Waals surface area contributed by atoms with E-state index >= 15 is 0 Å². The summed E-state index contributed by atoms with van der Waals surface area (Å²) in [6, 6.07) is 65.2. The number of nitrogens with zero attached hydrogens (tertiary/aromatic N) is 2. The minimum atomic E-state index is -4.19. The van der Waals surface area contributed by atoms with Gasteiger partial charge in [-0.1, -0.05) is 121 Å². The van der Waals surface area contributed by atoms with Crippen LogP contribution in [-0.4, -0.2) is 53.6 Å². The molecule has 0 saturated heterocycles. The minimum absolute atomic E-state index is 0.00975. The molecule has 0 spiro atoms. The van der Waals surface area contributed by atoms with Crippen LogP contribution in [0.2, 0.25) is 0 Å². The molecule has 8 bridgehead atoms. The zero-order valence-electron chi connectivity index (χ0n) is 45.8. The summed E-state index contributed by atoms with van der Waals surface area (Å²) < 4.78 is 129. The van der Waals surface area contributed by atoms with Crippen molar-refractivity contribution in [2.45, 2.75) is 19.6 Å². The molecule has 88 heavy (non-hydrogen) atoms. The molecule has 0 saturated carbocycles. The maximum absolute atomic E-state index is 13.4. The van der Waals surface area contributed by atoms with Crippen LogP contribution in [0.3, 0.4) is 0 Å². The highest BCUT2D eigenvalue weighted by molar-refractivity contribution is 7.88. The molecule has 16 nitrogen and oxygen atoms in total. The molecule has 0 atom stereocenters. The quantitative estimate of drug-likeness (QED) is 0.0857. The van der Waals surface area contributed by atoms with Crippen LogP contribution >= 0.6 is 0 Å². The molecular weight excluding hydrogens is 1190 g/mol. The first kappa shape index (κ1) is 56.5. The van der Waals surface area contributed by atoms with E-state index in [4.69, 9.17) is 26.7 Å². The molecule has 20 heteroatoms. The van der Waals surface area contributed by atoms with Crippen molar-refractivity contribution in [3.8, 4) is 67.5 Å². The molecule has 13 rings (SSSR count). The molecule has 0 fully saturated rings. The van der Waals surface area contributed by atoms with Gasteiger partial charge in [-0.3, -0.25) is 0 Å². The monoisotopic (exact) mass is 1240 g/mol. The highest BCUT2D eigenvalue weighted by atomic mass is 32.2. The molecule has 434 valence electrons. The van der Waals surface area contributed by atoms with Crippen LogP contribution in [0.4, 0.5) is 0 Å². The number of fused-ring (bicyclic) bond motifs is 8. The average Bonchev–Trinajstić information content (AvgIpc) is 3.97. The fourth-order valence-electron chi connectivity index (χ4n) is 10.2. The van der Waals surface area contributed by atoms with E-state index in [9.17, 15) is 33.7 Å². The van der Waals surface area contributed by atoms with Crippen molar-refractivity contribution in [3.05, 3.63) is 265 Å². The van der Waals surface area contributed by atoms with E-state index in [2.05, 4.69) is 9.97 Å². The lowest BCUT2D eigenvalue weighted by Gasteiger charge is -2.10. The molecule has 3 aromatic heterocycles. The van der Waals surface area contributed by atoms with Crippen LogP contribution in [0.1, 0.15) is 22.8 Å². The topological polar surface area (TPSA) is 231 Å². The summed E-state index contributed by atoms with van der Waals surface area (Å²) in [6.45, 7) is 0. The van der Waals surface area contributed by atoms with E-state index < -0.39 is 40.5 Å². The van der Waals surface area contributed by atoms with Crippen LogP contribution in [0.5, 0.6) is 23.0 Å². The summed E-state index contributed by atoms with van der Waals surface area (Å²) in [7, 11) is -16.7. The zero-order valence-corrected chi connectivity index (χ0v) is 49.1. The van der Waals surface area contributed by atoms with Gasteiger partial charge in [0.15, 0.2) is 0 Å². The lowest BCUT2D eigenvalue weighted by Crippen LogP contribution is -2.09. The number of benzene rings is 8. The smallest absolute Gasteiger partial charge is 0.339 e. The van der Waals surface area contributed by atoms with Crippen molar-refractivity contribution in [1.29, 1.82) is 0 Å². The Kier molecular flexibility index (Phi) is 14.8. The summed E-state index contributed by atoms with van der Waals surface area (Å²) >= 11 is 0. The molecule has 2 aliphatic rings. The Morgan fingerprint density at radius 3 is 0.625 bits per heavy atom. The second-order valence-corrected chi connectivity index (χ2v) is 26.2. The van der Waals surface area contributed by atoms with E-state index in [-0.39, 0.29) is 42.6 Å². The van der Waals surface area contributed by atoms with Crippen molar-refractivity contribution < 1.29 is 50.4 Å². The fraction of sp³-hybridized carbons (Fsp3) is 0. The molecule has 2 aliphatic heterocycles. The molecule has 11 aromatic rings. The van der Waals surface area contributed by atoms with Gasteiger partial charge in [-0.25, -0.2) is 9.97 Å². The Morgan fingerprint density at radius 1 is 0.239 bits per heavy atom. The summed E-state index contributed by atoms with van der Waals surface area (Å²) in [4.78, 5) is 17.9. The van der Waals surface area contributed by atoms with Gasteiger partial charge in [0, 0.05) is 44.3 Å². The zero-order chi connectivity index (χ0) is 60.6. The standard InChI is InChI=1S/C68H46N4O12S4/c73-85(74,53-13-5-1-6-14-53)81-49-29-21-45(22-30-49)65-57-37-39-59(69-57)66(46-23-31-50(32-24-46)82-86(75,76)54-15-7-2-8-16-54)61-41-43-63(71-61)68(48-27-35-52(36-28-48)84-88(79,80)56-19-11-4-12-20-56)64-44-42-62(72-64)67(60-40-38-58(65)70-60)47-25-33-51(34-26-47)83-87(77,78)55-17-9-3-10-18-55/h1-44,69,72H. The average molecular weight is 1240 g/mol. The Hall–Kier alpha value is -10.6. The highest BCUT2D eigenvalue weighted by Crippen LogP contribution is 2.40. The van der Waals surface area contributed by atoms with Gasteiger partial charge < -0.3 is 26.7 Å². The SMILES string of the molecule is O=S(=O)(Oc1ccc(-c2c3nc(c(-c4ccc(OS(=O)(=O)c5ccccc5)cc4)c4ccc([nH]4)c(-c4ccc(OS(=O)(=O)c5ccccc5)cc4)c4nc(c(-c5ccc(OS(=O)(=O)c6ccccc6)cc5)c5ccc2[nH]5)C=C4)C=C3)cc1)c1ccccc1. The second kappa shape index (κ2) is 23.0. The number of nitrogens with one attached hydrogen (secondary N) is 2. The Labute approximate surface area is 506 Å². The minimum Gasteiger partial charge on any atom is -0.379 e. The van der Waals surface area contributed by atoms with Gasteiger partial charge in [0.2, 0.25) is 0 Å². The normalized spacial score (nSPS) is 12.4. The summed E-state index contributed by atoms with van der Waals surface area (Å²) in [5.74, 6) is 0.282. The summed E-state index contributed by atoms with van der Waals surface area (Å²) in [6.07, 6.45) is 7.44. The van der Waals surface area contributed by atoms with Crippen molar-refractivity contribution in [2.75, 3.05) is 0 Å². The van der Waals surface area contributed by atoms with E-state index in [1.165, 1.54) is 48.5 Å². The largest absolute Gasteiger partial charge is 0.379 e. The number of hydrogen-bond donors (Lipinski definition) is 2. The number of aromatic nitrogens is 4. The van der Waals surface area contributed by atoms with Gasteiger partial charge in [-0.05, 0) is 168 Å². The summed E-state index contributed by atoms with van der Waals surface area (Å²) in [5.41, 5.74) is 9.26. The lowest BCUT2D eigenvalue weighted by atomic mass is 10.0. The first-order valence-corrected chi connectivity index (χ1v) is 32.7. The fourth-order valence-corrected chi connectivity index (χ4v) is 14.0. The molecule has 8 aromatic carbocycles. The van der Waals surface area contributed by atoms with E-state index in [0.717, 1.165) is 0 Å². The molecule has 0 amide bonds. The van der Waals surface area contributed by atoms with Crippen molar-refractivity contribution >= 4 is 86.8 Å². The van der Waals surface area contributed by atoms with Crippen LogP contribution in [-0.2, 0) is 40.5 Å². The second-order valence-electron chi connectivity index (χ2n) is 20.0. The highest BCUT2D eigenvalue weighted by Gasteiger charge is 2.24. The van der Waals surface area contributed by atoms with Gasteiger partial charge in [-0.15, -0.1) is 0 Å². The van der Waals surface area contributed by atoms with E-state index in [0.29, 0.717) is 89.4 Å². The van der Waals surface area contributed by atoms with Crippen molar-refractivity contribution in [2.24, 2.45) is 0 Å². The van der Waals surface area contributed by atoms with E-state index in [1.807, 2.05) is 48.6 Å². The third kappa shape index (κ3) is 11.6. The van der Waals surface area contributed by atoms with Crippen LogP contribution in [0, 0.1) is 0 Å². The summed E-state index contributed by atoms with van der Waals surface area (Å²) in [5, 5.41) is 0. The van der Waals surface area contributed by atoms with Gasteiger partial charge in [0.05, 0.1) is 22.8 Å². The molecule has 0 radical (unpaired) electrons. The number of hydrogen-bond acceptors (Lipinski definition) is 14. The predicted octanol–water partition coefficient (Wildman–Crippen LogP) is 14.4. The molecule has 0 aliphatic carbocycles. The first-order chi connectivity index (χ1) is 42.5. The third-order valence-corrected chi connectivity index (χ3v) is 19.3. The number of aromatic amines is 2. The van der Waals surface area contributed by atoms with Gasteiger partial charge >= 0.3 is 40.5 Å². The molecule has 5 heterocycles. The Balaban J connectivity index is 1.02. The predicted molar refractivity (Wildman–Crippen MR) is 338 cm³/mol. The maximum Gasteiger partial charge on any atom is 0.339 e. The molecule has 0 unspecified atom stereocenters. The van der Waals surface area contributed by atoms with Crippen LogP contribution in [0.25, 0.3) is 90.9 Å². The Morgan fingerprint density at radius 2 is 0.432 bits per heavy atom. The van der Waals surface area contributed by atoms with Gasteiger partial charge in [0.25, 0.3) is 0 Å². The van der Waals surface area contributed by atoms with Crippen LogP contribution < -0.4 is 16.7 Å².